The summed E-state index contributed by atoms with van der Waals surface area (Å²) in [4.78, 5) is 11.6. The Morgan fingerprint density at radius 3 is 2.53 bits per heavy atom. The number of amides is 1. The first-order valence-electron chi connectivity index (χ1n) is 5.08. The minimum absolute atomic E-state index is 0.0902. The van der Waals surface area contributed by atoms with Gasteiger partial charge in [0.25, 0.3) is 0 Å². The molecule has 0 saturated heterocycles. The van der Waals surface area contributed by atoms with Crippen molar-refractivity contribution in [1.82, 2.24) is 0 Å². The lowest BCUT2D eigenvalue weighted by atomic mass is 10.2. The maximum atomic E-state index is 11.6. The zero-order valence-electron chi connectivity index (χ0n) is 9.43. The Labute approximate surface area is 115 Å². The second-order valence-electron chi connectivity index (χ2n) is 3.50. The highest BCUT2D eigenvalue weighted by molar-refractivity contribution is 7.98. The normalized spacial score (nSPS) is 10.3. The molecule has 0 fully saturated rings. The molecule has 0 spiro atoms. The van der Waals surface area contributed by atoms with Gasteiger partial charge in [-0.25, -0.2) is 0 Å². The molecular formula is C11H14Cl2N2OS. The van der Waals surface area contributed by atoms with Crippen molar-refractivity contribution in [1.29, 1.82) is 0 Å². The summed E-state index contributed by atoms with van der Waals surface area (Å²) in [7, 11) is 0. The molecule has 0 aromatic heterocycles. The standard InChI is InChI=1S/C11H14Cl2N2OS/c1-17-4-2-3-10(16)15-11-8(12)5-7(14)6-9(11)13/h5-6H,2-4,14H2,1H3,(H,15,16). The van der Waals surface area contributed by atoms with Crippen LogP contribution in [0, 0.1) is 0 Å². The topological polar surface area (TPSA) is 55.1 Å². The lowest BCUT2D eigenvalue weighted by Gasteiger charge is -2.10. The van der Waals surface area contributed by atoms with Crippen LogP contribution in [0.3, 0.4) is 0 Å². The van der Waals surface area contributed by atoms with Crippen LogP contribution in [0.2, 0.25) is 10.0 Å². The van der Waals surface area contributed by atoms with Crippen LogP contribution in [-0.4, -0.2) is 17.9 Å². The van der Waals surface area contributed by atoms with Gasteiger partial charge in [-0.3, -0.25) is 4.79 Å². The van der Waals surface area contributed by atoms with Crippen molar-refractivity contribution in [2.75, 3.05) is 23.1 Å². The molecule has 1 rings (SSSR count). The number of nitrogens with one attached hydrogen (secondary N) is 1. The molecule has 3 nitrogen and oxygen atoms in total. The number of carbonyl (C=O) groups is 1. The Bertz CT molecular complexity index is 389. The summed E-state index contributed by atoms with van der Waals surface area (Å²) < 4.78 is 0. The Hall–Kier alpha value is -0.580. The molecule has 1 aromatic carbocycles. The van der Waals surface area contributed by atoms with Gasteiger partial charge in [-0.2, -0.15) is 11.8 Å². The molecule has 0 aliphatic carbocycles. The average molecular weight is 293 g/mol. The summed E-state index contributed by atoms with van der Waals surface area (Å²) in [5.41, 5.74) is 6.47. The van der Waals surface area contributed by atoms with Crippen molar-refractivity contribution in [2.24, 2.45) is 0 Å². The average Bonchev–Trinajstić information content (AvgIpc) is 2.24. The van der Waals surface area contributed by atoms with E-state index in [1.165, 1.54) is 0 Å². The fourth-order valence-corrected chi connectivity index (χ4v) is 2.32. The zero-order chi connectivity index (χ0) is 12.8. The maximum absolute atomic E-state index is 11.6. The molecule has 0 aliphatic heterocycles. The molecule has 0 radical (unpaired) electrons. The van der Waals surface area contributed by atoms with Crippen LogP contribution in [0.1, 0.15) is 12.8 Å². The number of halogens is 2. The van der Waals surface area contributed by atoms with E-state index in [1.54, 1.807) is 23.9 Å². The van der Waals surface area contributed by atoms with Crippen molar-refractivity contribution in [3.63, 3.8) is 0 Å². The Morgan fingerprint density at radius 2 is 2.00 bits per heavy atom. The summed E-state index contributed by atoms with van der Waals surface area (Å²) in [5, 5.41) is 3.41. The third-order valence-electron chi connectivity index (χ3n) is 2.08. The van der Waals surface area contributed by atoms with Gasteiger partial charge in [0.1, 0.15) is 0 Å². The maximum Gasteiger partial charge on any atom is 0.224 e. The predicted molar refractivity (Wildman–Crippen MR) is 77.1 cm³/mol. The Balaban J connectivity index is 2.65. The van der Waals surface area contributed by atoms with Crippen LogP contribution in [0.4, 0.5) is 11.4 Å². The van der Waals surface area contributed by atoms with E-state index >= 15 is 0 Å². The van der Waals surface area contributed by atoms with E-state index in [1.807, 2.05) is 6.26 Å². The molecule has 0 aliphatic rings. The fourth-order valence-electron chi connectivity index (χ4n) is 1.29. The molecule has 0 bridgehead atoms. The van der Waals surface area contributed by atoms with Gasteiger partial charge in [-0.05, 0) is 30.6 Å². The predicted octanol–water partition coefficient (Wildman–Crippen LogP) is 3.66. The Kier molecular flexibility index (Phi) is 5.95. The third kappa shape index (κ3) is 4.66. The van der Waals surface area contributed by atoms with Crippen LogP contribution < -0.4 is 11.1 Å². The van der Waals surface area contributed by atoms with Gasteiger partial charge in [0.2, 0.25) is 5.91 Å². The summed E-state index contributed by atoms with van der Waals surface area (Å²) in [6, 6.07) is 3.12. The number of anilines is 2. The van der Waals surface area contributed by atoms with Gasteiger partial charge in [-0.1, -0.05) is 23.2 Å². The second-order valence-corrected chi connectivity index (χ2v) is 5.30. The van der Waals surface area contributed by atoms with Gasteiger partial charge in [0.05, 0.1) is 15.7 Å². The molecule has 17 heavy (non-hydrogen) atoms. The highest BCUT2D eigenvalue weighted by atomic mass is 35.5. The SMILES string of the molecule is CSCCCC(=O)Nc1c(Cl)cc(N)cc1Cl. The summed E-state index contributed by atoms with van der Waals surface area (Å²) in [5.74, 6) is 0.865. The van der Waals surface area contributed by atoms with E-state index in [4.69, 9.17) is 28.9 Å². The second kappa shape index (κ2) is 6.99. The largest absolute Gasteiger partial charge is 0.399 e. The van der Waals surface area contributed by atoms with Crippen molar-refractivity contribution < 1.29 is 4.79 Å². The minimum Gasteiger partial charge on any atom is -0.399 e. The van der Waals surface area contributed by atoms with Gasteiger partial charge in [0, 0.05) is 12.1 Å². The fraction of sp³-hybridized carbons (Fsp3) is 0.364. The molecule has 94 valence electrons. The first-order valence-corrected chi connectivity index (χ1v) is 7.23. The lowest BCUT2D eigenvalue weighted by molar-refractivity contribution is -0.116. The number of thioether (sulfide) groups is 1. The van der Waals surface area contributed by atoms with Gasteiger partial charge < -0.3 is 11.1 Å². The van der Waals surface area contributed by atoms with Crippen molar-refractivity contribution >= 4 is 52.2 Å². The van der Waals surface area contributed by atoms with E-state index in [9.17, 15) is 4.79 Å². The van der Waals surface area contributed by atoms with E-state index in [0.717, 1.165) is 12.2 Å². The van der Waals surface area contributed by atoms with E-state index in [2.05, 4.69) is 5.32 Å². The van der Waals surface area contributed by atoms with Crippen LogP contribution in [0.25, 0.3) is 0 Å². The Morgan fingerprint density at radius 1 is 1.41 bits per heavy atom. The molecule has 0 saturated carbocycles. The number of rotatable bonds is 5. The quantitative estimate of drug-likeness (QED) is 0.643. The van der Waals surface area contributed by atoms with Gasteiger partial charge >= 0.3 is 0 Å². The van der Waals surface area contributed by atoms with Crippen molar-refractivity contribution in [3.05, 3.63) is 22.2 Å². The molecule has 3 N–H and O–H groups in total. The zero-order valence-corrected chi connectivity index (χ0v) is 11.8. The van der Waals surface area contributed by atoms with Crippen LogP contribution in [0.15, 0.2) is 12.1 Å². The van der Waals surface area contributed by atoms with Crippen molar-refractivity contribution in [3.8, 4) is 0 Å². The third-order valence-corrected chi connectivity index (χ3v) is 3.37. The molecular weight excluding hydrogens is 279 g/mol. The molecule has 0 heterocycles. The number of benzene rings is 1. The molecule has 0 atom stereocenters. The van der Waals surface area contributed by atoms with E-state index in [-0.39, 0.29) is 5.91 Å². The first-order chi connectivity index (χ1) is 8.04. The molecule has 0 unspecified atom stereocenters. The monoisotopic (exact) mass is 292 g/mol. The number of hydrogen-bond donors (Lipinski definition) is 2. The van der Waals surface area contributed by atoms with Crippen LogP contribution >= 0.6 is 35.0 Å². The molecule has 1 aromatic rings. The highest BCUT2D eigenvalue weighted by Crippen LogP contribution is 2.32. The number of nitrogen functional groups attached to an aromatic ring is 1. The van der Waals surface area contributed by atoms with Gasteiger partial charge in [0.15, 0.2) is 0 Å². The lowest BCUT2D eigenvalue weighted by Crippen LogP contribution is -2.12. The minimum atomic E-state index is -0.0902. The molecule has 1 amide bonds. The number of carbonyl (C=O) groups excluding carboxylic acids is 1. The summed E-state index contributed by atoms with van der Waals surface area (Å²) in [6.45, 7) is 0. The summed E-state index contributed by atoms with van der Waals surface area (Å²) >= 11 is 13.6. The van der Waals surface area contributed by atoms with Gasteiger partial charge in [-0.15, -0.1) is 0 Å². The van der Waals surface area contributed by atoms with Crippen LogP contribution in [0.5, 0.6) is 0 Å². The first kappa shape index (κ1) is 14.5. The number of nitrogens with two attached hydrogens (primary N) is 1. The summed E-state index contributed by atoms with van der Waals surface area (Å²) in [6.07, 6.45) is 3.29. The van der Waals surface area contributed by atoms with Crippen molar-refractivity contribution in [2.45, 2.75) is 12.8 Å². The van der Waals surface area contributed by atoms with Crippen LogP contribution in [-0.2, 0) is 4.79 Å². The smallest absolute Gasteiger partial charge is 0.224 e. The highest BCUT2D eigenvalue weighted by Gasteiger charge is 2.10. The van der Waals surface area contributed by atoms with E-state index in [0.29, 0.717) is 27.8 Å². The molecule has 6 heteroatoms. The number of hydrogen-bond acceptors (Lipinski definition) is 3. The van der Waals surface area contributed by atoms with E-state index < -0.39 is 0 Å².